The van der Waals surface area contributed by atoms with Crippen molar-refractivity contribution in [1.29, 1.82) is 0 Å². The summed E-state index contributed by atoms with van der Waals surface area (Å²) in [6.07, 6.45) is 4.38. The van der Waals surface area contributed by atoms with Crippen LogP contribution >= 0.6 is 11.6 Å². The highest BCUT2D eigenvalue weighted by molar-refractivity contribution is 6.36. The first-order chi connectivity index (χ1) is 26.7. The molecule has 0 bridgehead atoms. The monoisotopic (exact) mass is 750 g/mol. The fraction of sp³-hybridized carbons (Fsp3) is 0.190. The lowest BCUT2D eigenvalue weighted by atomic mass is 9.97. The molecule has 0 atom stereocenters. The molecule has 12 nitrogen and oxygen atoms in total. The Morgan fingerprint density at radius 1 is 0.655 bits per heavy atom. The van der Waals surface area contributed by atoms with Crippen molar-refractivity contribution in [2.75, 3.05) is 14.2 Å². The summed E-state index contributed by atoms with van der Waals surface area (Å²) in [5, 5.41) is 29.1. The minimum Gasteiger partial charge on any atom is -0.496 e. The molecule has 0 saturated carbocycles. The van der Waals surface area contributed by atoms with Gasteiger partial charge in [0.05, 0.1) is 60.2 Å². The van der Waals surface area contributed by atoms with Gasteiger partial charge in [-0.3, -0.25) is 0 Å². The van der Waals surface area contributed by atoms with Crippen LogP contribution in [0.5, 0.6) is 11.5 Å². The fourth-order valence-corrected chi connectivity index (χ4v) is 8.28. The zero-order valence-electron chi connectivity index (χ0n) is 31.2. The van der Waals surface area contributed by atoms with Crippen molar-refractivity contribution >= 4 is 60.8 Å². The summed E-state index contributed by atoms with van der Waals surface area (Å²) >= 11 is 6.20. The number of fused-ring (bicyclic) bond motifs is 7. The molecule has 0 radical (unpaired) electrons. The van der Waals surface area contributed by atoms with E-state index in [1.807, 2.05) is 39.8 Å². The number of allylic oxidation sites excluding steroid dienone is 1. The van der Waals surface area contributed by atoms with E-state index in [0.29, 0.717) is 5.15 Å². The predicted octanol–water partition coefficient (Wildman–Crippen LogP) is 9.81. The summed E-state index contributed by atoms with van der Waals surface area (Å²) in [5.41, 5.74) is 15.1. The summed E-state index contributed by atoms with van der Waals surface area (Å²) in [5.74, 6) is 3.01. The van der Waals surface area contributed by atoms with Gasteiger partial charge in [-0.1, -0.05) is 51.8 Å². The molecule has 0 spiro atoms. The highest BCUT2D eigenvalue weighted by Gasteiger charge is 2.26. The normalized spacial score (nSPS) is 12.6. The van der Waals surface area contributed by atoms with Gasteiger partial charge >= 0.3 is 0 Å². The molecular weight excluding hydrogens is 716 g/mol. The number of nitrogens with one attached hydrogen (secondary N) is 2. The minimum absolute atomic E-state index is 0.362. The fourth-order valence-electron chi connectivity index (χ4n) is 8.03. The Morgan fingerprint density at radius 3 is 1.76 bits per heavy atom. The minimum atomic E-state index is 0.362. The first-order valence-electron chi connectivity index (χ1n) is 17.7. The average molecular weight is 751 g/mol. The Hall–Kier alpha value is -6.53. The number of halogens is 1. The lowest BCUT2D eigenvalue weighted by Crippen LogP contribution is -1.95. The van der Waals surface area contributed by atoms with Crippen LogP contribution in [0.2, 0.25) is 5.15 Å². The number of aryl methyl sites for hydroxylation is 4. The molecule has 9 aromatic rings. The van der Waals surface area contributed by atoms with E-state index in [1.165, 1.54) is 22.3 Å². The summed E-state index contributed by atoms with van der Waals surface area (Å²) in [6, 6.07) is 16.7. The number of ether oxygens (including phenoxy) is 2. The first-order valence-corrected chi connectivity index (χ1v) is 18.0. The SMILES string of the molecule is COc1cc2c(cc1-c1c(C)noc1C)[nH]c1cnnc(C3=C(C)Cc4ccccc43)c12.COc1cc2c(cc1-c1c(C)noc1C)[nH]c1cnnc(Cl)c12. The number of rotatable bonds is 5. The lowest BCUT2D eigenvalue weighted by molar-refractivity contribution is 0.393. The number of aromatic amines is 2. The number of hydrogen-bond acceptors (Lipinski definition) is 10. The maximum atomic E-state index is 6.20. The van der Waals surface area contributed by atoms with Crippen LogP contribution in [-0.4, -0.2) is 54.9 Å². The molecule has 13 heteroatoms. The smallest absolute Gasteiger partial charge is 0.161 e. The predicted molar refractivity (Wildman–Crippen MR) is 213 cm³/mol. The summed E-state index contributed by atoms with van der Waals surface area (Å²) in [4.78, 5) is 6.86. The molecule has 10 rings (SSSR count). The largest absolute Gasteiger partial charge is 0.496 e. The van der Waals surface area contributed by atoms with Crippen LogP contribution < -0.4 is 9.47 Å². The third-order valence-corrected chi connectivity index (χ3v) is 10.7. The molecule has 0 aliphatic heterocycles. The van der Waals surface area contributed by atoms with E-state index < -0.39 is 0 Å². The molecule has 0 saturated heterocycles. The zero-order valence-corrected chi connectivity index (χ0v) is 31.9. The summed E-state index contributed by atoms with van der Waals surface area (Å²) in [6.45, 7) is 9.84. The standard InChI is InChI=1S/C26H22N4O2.C16H13ClN4O2/c1-13-9-16-7-5-6-8-17(16)23(13)26-25-18-11-22(31-4)19(24-14(2)30-32-15(24)3)10-20(18)28-21(25)12-27-29-26;1-7-14(8(2)23-21-7)10-4-11-9(5-13(10)22-3)15-12(19-11)6-18-20-16(15)17/h5-8,10-12,28H,9H2,1-4H3;4-6,19H,1-3H3. The Labute approximate surface area is 319 Å². The lowest BCUT2D eigenvalue weighted by Gasteiger charge is -2.10. The Morgan fingerprint density at radius 2 is 1.20 bits per heavy atom. The van der Waals surface area contributed by atoms with Crippen LogP contribution in [0.1, 0.15) is 46.7 Å². The summed E-state index contributed by atoms with van der Waals surface area (Å²) in [7, 11) is 3.33. The molecule has 3 aromatic carbocycles. The number of H-pyrrole nitrogens is 2. The van der Waals surface area contributed by atoms with Crippen LogP contribution in [0, 0.1) is 27.7 Å². The van der Waals surface area contributed by atoms with E-state index in [9.17, 15) is 0 Å². The van der Waals surface area contributed by atoms with Gasteiger partial charge in [-0.25, -0.2) is 0 Å². The van der Waals surface area contributed by atoms with Crippen LogP contribution in [0.3, 0.4) is 0 Å². The van der Waals surface area contributed by atoms with Gasteiger partial charge in [-0.15, -0.1) is 10.2 Å². The van der Waals surface area contributed by atoms with Gasteiger partial charge < -0.3 is 28.5 Å². The van der Waals surface area contributed by atoms with Gasteiger partial charge in [0.15, 0.2) is 5.15 Å². The van der Waals surface area contributed by atoms with Crippen molar-refractivity contribution in [3.05, 3.63) is 111 Å². The topological polar surface area (TPSA) is 154 Å². The molecule has 274 valence electrons. The van der Waals surface area contributed by atoms with Crippen molar-refractivity contribution in [1.82, 2.24) is 40.7 Å². The van der Waals surface area contributed by atoms with Gasteiger partial charge in [0.25, 0.3) is 0 Å². The number of benzene rings is 3. The van der Waals surface area contributed by atoms with Crippen LogP contribution in [0.25, 0.3) is 71.4 Å². The average Bonchev–Trinajstić information content (AvgIpc) is 3.99. The van der Waals surface area contributed by atoms with Gasteiger partial charge in [-0.2, -0.15) is 10.2 Å². The maximum Gasteiger partial charge on any atom is 0.161 e. The van der Waals surface area contributed by atoms with E-state index in [-0.39, 0.29) is 0 Å². The number of aromatic nitrogens is 8. The van der Waals surface area contributed by atoms with Gasteiger partial charge in [-0.05, 0) is 76.4 Å². The molecule has 55 heavy (non-hydrogen) atoms. The first kappa shape index (κ1) is 34.3. The molecule has 0 unspecified atom stereocenters. The van der Waals surface area contributed by atoms with Crippen molar-refractivity contribution in [3.63, 3.8) is 0 Å². The van der Waals surface area contributed by atoms with E-state index in [1.54, 1.807) is 26.6 Å². The molecule has 1 aliphatic carbocycles. The quantitative estimate of drug-likeness (QED) is 0.174. The third-order valence-electron chi connectivity index (χ3n) is 10.4. The zero-order chi connectivity index (χ0) is 38.1. The Balaban J connectivity index is 0.000000153. The number of methoxy groups -OCH3 is 2. The molecular formula is C42H35ClN8O4. The second-order valence-corrected chi connectivity index (χ2v) is 14.1. The maximum absolute atomic E-state index is 6.20. The molecule has 6 heterocycles. The molecule has 2 N–H and O–H groups in total. The van der Waals surface area contributed by atoms with Crippen molar-refractivity contribution in [2.24, 2.45) is 0 Å². The Kier molecular flexibility index (Phi) is 8.16. The van der Waals surface area contributed by atoms with Crippen LogP contribution in [-0.2, 0) is 6.42 Å². The molecule has 1 aliphatic rings. The molecule has 0 amide bonds. The third kappa shape index (κ3) is 5.43. The van der Waals surface area contributed by atoms with Crippen LogP contribution in [0.4, 0.5) is 0 Å². The highest BCUT2D eigenvalue weighted by Crippen LogP contribution is 2.44. The second kappa shape index (κ2) is 13.1. The second-order valence-electron chi connectivity index (χ2n) is 13.7. The van der Waals surface area contributed by atoms with Crippen molar-refractivity contribution in [2.45, 2.75) is 41.0 Å². The van der Waals surface area contributed by atoms with Crippen molar-refractivity contribution in [3.8, 4) is 33.8 Å². The number of hydrogen-bond donors (Lipinski definition) is 2. The van der Waals surface area contributed by atoms with E-state index >= 15 is 0 Å². The highest BCUT2D eigenvalue weighted by atomic mass is 35.5. The van der Waals surface area contributed by atoms with Gasteiger partial charge in [0.2, 0.25) is 0 Å². The Bertz CT molecular complexity index is 2990. The van der Waals surface area contributed by atoms with Crippen LogP contribution in [0.15, 0.2) is 75.5 Å². The van der Waals surface area contributed by atoms with Gasteiger partial charge in [0, 0.05) is 49.3 Å². The van der Waals surface area contributed by atoms with Crippen molar-refractivity contribution < 1.29 is 18.5 Å². The van der Waals surface area contributed by atoms with E-state index in [2.05, 4.69) is 84.0 Å². The molecule has 0 fully saturated rings. The van der Waals surface area contributed by atoms with Gasteiger partial charge in [0.1, 0.15) is 28.7 Å². The van der Waals surface area contributed by atoms with E-state index in [0.717, 1.165) is 112 Å². The number of nitrogens with zero attached hydrogens (tertiary/aromatic N) is 6. The summed E-state index contributed by atoms with van der Waals surface area (Å²) < 4.78 is 22.1. The molecule has 6 aromatic heterocycles. The van der Waals surface area contributed by atoms with E-state index in [4.69, 9.17) is 30.1 Å².